The molecule has 0 fully saturated rings. The number of hydrogen-bond acceptors (Lipinski definition) is 5. The van der Waals surface area contributed by atoms with Crippen molar-refractivity contribution in [2.75, 3.05) is 12.4 Å². The number of aryl methyl sites for hydroxylation is 1. The molecule has 0 atom stereocenters. The third kappa shape index (κ3) is 3.42. The summed E-state index contributed by atoms with van der Waals surface area (Å²) >= 11 is 7.26. The molecule has 24 heavy (non-hydrogen) atoms. The van der Waals surface area contributed by atoms with E-state index in [0.29, 0.717) is 26.9 Å². The topological polar surface area (TPSA) is 72.7 Å². The van der Waals surface area contributed by atoms with Gasteiger partial charge in [-0.2, -0.15) is 0 Å². The summed E-state index contributed by atoms with van der Waals surface area (Å²) in [5.74, 6) is -0.728. The maximum atomic E-state index is 12.3. The molecule has 3 aromatic heterocycles. The SMILES string of the molecule is COC(=O)c1cc(C)sc1NC(=O)Cc1cn2cc(Cl)ccc2n1. The summed E-state index contributed by atoms with van der Waals surface area (Å²) in [6.45, 7) is 1.86. The Kier molecular flexibility index (Phi) is 4.55. The molecule has 0 spiro atoms. The minimum absolute atomic E-state index is 0.0941. The summed E-state index contributed by atoms with van der Waals surface area (Å²) in [6.07, 6.45) is 3.57. The van der Waals surface area contributed by atoms with Crippen molar-refractivity contribution in [3.63, 3.8) is 0 Å². The van der Waals surface area contributed by atoms with E-state index in [9.17, 15) is 9.59 Å². The summed E-state index contributed by atoms with van der Waals surface area (Å²) in [5, 5.41) is 3.83. The van der Waals surface area contributed by atoms with Crippen LogP contribution in [0.15, 0.2) is 30.6 Å². The van der Waals surface area contributed by atoms with Crippen molar-refractivity contribution in [1.82, 2.24) is 9.38 Å². The van der Waals surface area contributed by atoms with Gasteiger partial charge in [-0.15, -0.1) is 11.3 Å². The number of esters is 1. The first kappa shape index (κ1) is 16.5. The number of carbonyl (C=O) groups is 2. The Bertz CT molecular complexity index is 932. The molecule has 0 aliphatic heterocycles. The number of amides is 1. The second kappa shape index (κ2) is 6.62. The molecule has 3 aromatic rings. The van der Waals surface area contributed by atoms with Gasteiger partial charge in [-0.25, -0.2) is 9.78 Å². The van der Waals surface area contributed by atoms with E-state index in [1.807, 2.05) is 6.92 Å². The zero-order valence-electron chi connectivity index (χ0n) is 13.0. The smallest absolute Gasteiger partial charge is 0.340 e. The van der Waals surface area contributed by atoms with Crippen LogP contribution in [0.4, 0.5) is 5.00 Å². The van der Waals surface area contributed by atoms with Crippen molar-refractivity contribution in [3.05, 3.63) is 51.7 Å². The fraction of sp³-hybridized carbons (Fsp3) is 0.188. The molecule has 1 amide bonds. The van der Waals surface area contributed by atoms with Crippen molar-refractivity contribution >= 4 is 45.5 Å². The number of aromatic nitrogens is 2. The minimum Gasteiger partial charge on any atom is -0.465 e. The standard InChI is InChI=1S/C16H14ClN3O3S/c1-9-5-12(16(22)23-2)15(24-9)19-14(21)6-11-8-20-7-10(17)3-4-13(20)18-11/h3-5,7-8H,6H2,1-2H3,(H,19,21). The second-order valence-electron chi connectivity index (χ2n) is 5.16. The fourth-order valence-electron chi connectivity index (χ4n) is 2.31. The molecule has 6 nitrogen and oxygen atoms in total. The summed E-state index contributed by atoms with van der Waals surface area (Å²) in [7, 11) is 1.31. The molecule has 3 rings (SSSR count). The first-order valence-electron chi connectivity index (χ1n) is 7.08. The van der Waals surface area contributed by atoms with Gasteiger partial charge in [0.2, 0.25) is 5.91 Å². The summed E-state index contributed by atoms with van der Waals surface area (Å²) in [5.41, 5.74) is 1.68. The van der Waals surface area contributed by atoms with E-state index in [-0.39, 0.29) is 12.3 Å². The number of imidazole rings is 1. The highest BCUT2D eigenvalue weighted by molar-refractivity contribution is 7.16. The first-order chi connectivity index (χ1) is 11.5. The number of anilines is 1. The average molecular weight is 364 g/mol. The van der Waals surface area contributed by atoms with Gasteiger partial charge in [0.05, 0.1) is 29.8 Å². The maximum absolute atomic E-state index is 12.3. The zero-order chi connectivity index (χ0) is 17.3. The number of pyridine rings is 1. The predicted octanol–water partition coefficient (Wildman–Crippen LogP) is 3.33. The van der Waals surface area contributed by atoms with E-state index in [0.717, 1.165) is 4.88 Å². The van der Waals surface area contributed by atoms with Crippen LogP contribution in [-0.4, -0.2) is 28.4 Å². The van der Waals surface area contributed by atoms with E-state index >= 15 is 0 Å². The molecule has 0 aliphatic rings. The lowest BCUT2D eigenvalue weighted by Gasteiger charge is -2.04. The summed E-state index contributed by atoms with van der Waals surface area (Å²) in [4.78, 5) is 29.3. The Morgan fingerprint density at radius 2 is 2.17 bits per heavy atom. The molecule has 3 heterocycles. The molecule has 0 aromatic carbocycles. The third-order valence-electron chi connectivity index (χ3n) is 3.32. The number of thiophene rings is 1. The van der Waals surface area contributed by atoms with Crippen molar-refractivity contribution in [3.8, 4) is 0 Å². The highest BCUT2D eigenvalue weighted by Crippen LogP contribution is 2.28. The zero-order valence-corrected chi connectivity index (χ0v) is 14.6. The quantitative estimate of drug-likeness (QED) is 0.722. The largest absolute Gasteiger partial charge is 0.465 e. The number of rotatable bonds is 4. The number of methoxy groups -OCH3 is 1. The Morgan fingerprint density at radius 1 is 1.38 bits per heavy atom. The van der Waals surface area contributed by atoms with E-state index in [1.54, 1.807) is 35.0 Å². The van der Waals surface area contributed by atoms with E-state index < -0.39 is 5.97 Å². The van der Waals surface area contributed by atoms with Crippen LogP contribution in [0.25, 0.3) is 5.65 Å². The summed E-state index contributed by atoms with van der Waals surface area (Å²) < 4.78 is 6.49. The molecule has 124 valence electrons. The molecule has 0 unspecified atom stereocenters. The molecule has 1 N–H and O–H groups in total. The molecule has 0 bridgehead atoms. The Labute approximate surface area is 147 Å². The number of nitrogens with zero attached hydrogens (tertiary/aromatic N) is 2. The fourth-order valence-corrected chi connectivity index (χ4v) is 3.39. The van der Waals surface area contributed by atoms with Gasteiger partial charge in [-0.1, -0.05) is 11.6 Å². The number of nitrogens with one attached hydrogen (secondary N) is 1. The average Bonchev–Trinajstić information content (AvgIpc) is 3.08. The van der Waals surface area contributed by atoms with Crippen LogP contribution in [0.3, 0.4) is 0 Å². The summed E-state index contributed by atoms with van der Waals surface area (Å²) in [6, 6.07) is 5.21. The van der Waals surface area contributed by atoms with E-state index in [4.69, 9.17) is 16.3 Å². The van der Waals surface area contributed by atoms with E-state index in [1.165, 1.54) is 18.4 Å². The molecule has 8 heteroatoms. The normalized spacial score (nSPS) is 10.8. The predicted molar refractivity (Wildman–Crippen MR) is 92.9 cm³/mol. The van der Waals surface area contributed by atoms with Crippen LogP contribution < -0.4 is 5.32 Å². The van der Waals surface area contributed by atoms with Crippen LogP contribution in [-0.2, 0) is 16.0 Å². The van der Waals surface area contributed by atoms with Gasteiger partial charge in [0, 0.05) is 17.3 Å². The number of hydrogen-bond donors (Lipinski definition) is 1. The maximum Gasteiger partial charge on any atom is 0.340 e. The van der Waals surface area contributed by atoms with Crippen molar-refractivity contribution in [1.29, 1.82) is 0 Å². The van der Waals surface area contributed by atoms with E-state index in [2.05, 4.69) is 10.3 Å². The van der Waals surface area contributed by atoms with Gasteiger partial charge < -0.3 is 14.5 Å². The molecular weight excluding hydrogens is 350 g/mol. The monoisotopic (exact) mass is 363 g/mol. The number of fused-ring (bicyclic) bond motifs is 1. The first-order valence-corrected chi connectivity index (χ1v) is 8.27. The molecule has 0 saturated carbocycles. The van der Waals surface area contributed by atoms with Gasteiger partial charge in [0.1, 0.15) is 10.6 Å². The van der Waals surface area contributed by atoms with Crippen molar-refractivity contribution < 1.29 is 14.3 Å². The molecule has 0 radical (unpaired) electrons. The Morgan fingerprint density at radius 3 is 2.92 bits per heavy atom. The van der Waals surface area contributed by atoms with Crippen LogP contribution in [0.1, 0.15) is 20.9 Å². The lowest BCUT2D eigenvalue weighted by Crippen LogP contribution is -2.16. The van der Waals surface area contributed by atoms with Gasteiger partial charge in [0.25, 0.3) is 0 Å². The van der Waals surface area contributed by atoms with Gasteiger partial charge in [0.15, 0.2) is 0 Å². The molecule has 0 saturated heterocycles. The lowest BCUT2D eigenvalue weighted by molar-refractivity contribution is -0.115. The highest BCUT2D eigenvalue weighted by Gasteiger charge is 2.18. The highest BCUT2D eigenvalue weighted by atomic mass is 35.5. The number of halogens is 1. The second-order valence-corrected chi connectivity index (χ2v) is 6.85. The molecule has 0 aliphatic carbocycles. The van der Waals surface area contributed by atoms with Gasteiger partial charge in [-0.3, -0.25) is 4.79 Å². The van der Waals surface area contributed by atoms with Crippen molar-refractivity contribution in [2.45, 2.75) is 13.3 Å². The molecular formula is C16H14ClN3O3S. The van der Waals surface area contributed by atoms with Crippen LogP contribution >= 0.6 is 22.9 Å². The van der Waals surface area contributed by atoms with Crippen molar-refractivity contribution in [2.24, 2.45) is 0 Å². The van der Waals surface area contributed by atoms with Crippen LogP contribution in [0.5, 0.6) is 0 Å². The number of ether oxygens (including phenoxy) is 1. The lowest BCUT2D eigenvalue weighted by atomic mass is 10.3. The number of carbonyl (C=O) groups excluding carboxylic acids is 2. The Balaban J connectivity index is 1.76. The minimum atomic E-state index is -0.475. The van der Waals surface area contributed by atoms with Crippen LogP contribution in [0, 0.1) is 6.92 Å². The third-order valence-corrected chi connectivity index (χ3v) is 4.51. The Hall–Kier alpha value is -2.38. The van der Waals surface area contributed by atoms with Gasteiger partial charge in [-0.05, 0) is 25.1 Å². The van der Waals surface area contributed by atoms with Gasteiger partial charge >= 0.3 is 5.97 Å². The van der Waals surface area contributed by atoms with Crippen LogP contribution in [0.2, 0.25) is 5.02 Å².